The standard InChI is InChI=1S/C20H17N3O3/c1-10(24)15-8-21-9-16-13(15)7-18-19-12(4-5-23(18)20(16)26)14-6-11(25)2-3-17(14)22-19/h2-3,6-10,22,24-25H,4-5H2,1H3/t10-/m0/s1. The van der Waals surface area contributed by atoms with E-state index in [1.807, 2.05) is 12.1 Å². The number of aromatic hydroxyl groups is 1. The summed E-state index contributed by atoms with van der Waals surface area (Å²) >= 11 is 0. The van der Waals surface area contributed by atoms with E-state index in [9.17, 15) is 15.0 Å². The van der Waals surface area contributed by atoms with Gasteiger partial charge in [-0.15, -0.1) is 0 Å². The van der Waals surface area contributed by atoms with Gasteiger partial charge in [0.2, 0.25) is 0 Å². The number of aromatic nitrogens is 3. The topological polar surface area (TPSA) is 91.1 Å². The third-order valence-electron chi connectivity index (χ3n) is 5.25. The number of pyridine rings is 2. The molecule has 1 aliphatic heterocycles. The molecule has 1 atom stereocenters. The van der Waals surface area contributed by atoms with Crippen molar-refractivity contribution in [3.63, 3.8) is 0 Å². The molecule has 0 unspecified atom stereocenters. The lowest BCUT2D eigenvalue weighted by atomic mass is 9.98. The van der Waals surface area contributed by atoms with Crippen molar-refractivity contribution in [2.24, 2.45) is 0 Å². The Morgan fingerprint density at radius 3 is 2.85 bits per heavy atom. The molecular formula is C20H17N3O3. The van der Waals surface area contributed by atoms with E-state index in [0.29, 0.717) is 23.9 Å². The van der Waals surface area contributed by atoms with Crippen molar-refractivity contribution >= 4 is 21.7 Å². The number of aromatic amines is 1. The van der Waals surface area contributed by atoms with E-state index in [2.05, 4.69) is 9.97 Å². The van der Waals surface area contributed by atoms with Gasteiger partial charge in [-0.25, -0.2) is 0 Å². The first-order chi connectivity index (χ1) is 12.5. The maximum absolute atomic E-state index is 13.0. The minimum atomic E-state index is -0.712. The lowest BCUT2D eigenvalue weighted by molar-refractivity contribution is 0.200. The summed E-state index contributed by atoms with van der Waals surface area (Å²) in [5.41, 5.74) is 4.27. The van der Waals surface area contributed by atoms with Gasteiger partial charge in [-0.05, 0) is 48.6 Å². The first-order valence-corrected chi connectivity index (χ1v) is 8.58. The number of nitrogens with zero attached hydrogens (tertiary/aromatic N) is 2. The summed E-state index contributed by atoms with van der Waals surface area (Å²) in [6.07, 6.45) is 3.17. The molecule has 0 fully saturated rings. The van der Waals surface area contributed by atoms with Gasteiger partial charge in [0.05, 0.1) is 22.9 Å². The molecule has 4 heterocycles. The quantitative estimate of drug-likeness (QED) is 0.494. The van der Waals surface area contributed by atoms with Crippen molar-refractivity contribution in [2.75, 3.05) is 0 Å². The van der Waals surface area contributed by atoms with Crippen LogP contribution in [0.1, 0.15) is 24.2 Å². The monoisotopic (exact) mass is 347 g/mol. The minimum Gasteiger partial charge on any atom is -0.508 e. The molecule has 0 saturated heterocycles. The highest BCUT2D eigenvalue weighted by atomic mass is 16.3. The number of phenols is 1. The Hall–Kier alpha value is -3.12. The normalized spacial score (nSPS) is 14.4. The maximum Gasteiger partial charge on any atom is 0.260 e. The van der Waals surface area contributed by atoms with Gasteiger partial charge in [-0.1, -0.05) is 0 Å². The molecule has 1 aromatic carbocycles. The summed E-state index contributed by atoms with van der Waals surface area (Å²) in [4.78, 5) is 20.5. The highest BCUT2D eigenvalue weighted by molar-refractivity contribution is 5.94. The fourth-order valence-corrected chi connectivity index (χ4v) is 3.99. The first-order valence-electron chi connectivity index (χ1n) is 8.58. The molecule has 5 rings (SSSR count). The summed E-state index contributed by atoms with van der Waals surface area (Å²) < 4.78 is 1.76. The molecule has 3 N–H and O–H groups in total. The van der Waals surface area contributed by atoms with Crippen LogP contribution >= 0.6 is 0 Å². The second-order valence-corrected chi connectivity index (χ2v) is 6.81. The molecule has 130 valence electrons. The van der Waals surface area contributed by atoms with E-state index in [0.717, 1.165) is 33.2 Å². The van der Waals surface area contributed by atoms with E-state index < -0.39 is 6.10 Å². The van der Waals surface area contributed by atoms with Crippen molar-refractivity contribution in [3.8, 4) is 17.1 Å². The number of aliphatic hydroxyl groups is 1. The lowest BCUT2D eigenvalue weighted by Crippen LogP contribution is -2.26. The van der Waals surface area contributed by atoms with Crippen LogP contribution < -0.4 is 5.56 Å². The Balaban J connectivity index is 1.89. The Kier molecular flexibility index (Phi) is 3.02. The number of hydrogen-bond acceptors (Lipinski definition) is 4. The number of aliphatic hydroxyl groups excluding tert-OH is 1. The predicted molar refractivity (Wildman–Crippen MR) is 99.3 cm³/mol. The smallest absolute Gasteiger partial charge is 0.260 e. The molecule has 26 heavy (non-hydrogen) atoms. The zero-order valence-corrected chi connectivity index (χ0v) is 14.2. The highest BCUT2D eigenvalue weighted by Gasteiger charge is 2.24. The number of benzene rings is 1. The number of phenolic OH excluding ortho intramolecular Hbond substituents is 1. The zero-order chi connectivity index (χ0) is 18.0. The summed E-state index contributed by atoms with van der Waals surface area (Å²) in [7, 11) is 0. The van der Waals surface area contributed by atoms with Gasteiger partial charge in [0, 0.05) is 35.4 Å². The Labute approximate surface area is 148 Å². The van der Waals surface area contributed by atoms with Crippen LogP contribution in [0.2, 0.25) is 0 Å². The van der Waals surface area contributed by atoms with Crippen LogP contribution in [0.5, 0.6) is 5.75 Å². The average molecular weight is 347 g/mol. The molecule has 0 amide bonds. The molecule has 1 aliphatic rings. The van der Waals surface area contributed by atoms with Crippen LogP contribution in [-0.4, -0.2) is 24.7 Å². The molecule has 0 radical (unpaired) electrons. The van der Waals surface area contributed by atoms with E-state index >= 15 is 0 Å². The Bertz CT molecular complexity index is 1250. The van der Waals surface area contributed by atoms with Gasteiger partial charge >= 0.3 is 0 Å². The predicted octanol–water partition coefficient (Wildman–Crippen LogP) is 2.86. The van der Waals surface area contributed by atoms with Gasteiger partial charge in [-0.2, -0.15) is 0 Å². The van der Waals surface area contributed by atoms with Crippen LogP contribution in [0, 0.1) is 0 Å². The third-order valence-corrected chi connectivity index (χ3v) is 5.25. The third kappa shape index (κ3) is 1.96. The number of H-pyrrole nitrogens is 1. The number of nitrogens with one attached hydrogen (secondary N) is 1. The van der Waals surface area contributed by atoms with E-state index in [1.54, 1.807) is 36.0 Å². The van der Waals surface area contributed by atoms with Crippen LogP contribution in [0.15, 0.2) is 41.5 Å². The summed E-state index contributed by atoms with van der Waals surface area (Å²) in [5.74, 6) is 0.225. The van der Waals surface area contributed by atoms with Gasteiger partial charge < -0.3 is 19.8 Å². The van der Waals surface area contributed by atoms with E-state index in [-0.39, 0.29) is 11.3 Å². The number of aryl methyl sites for hydroxylation is 1. The first kappa shape index (κ1) is 15.2. The largest absolute Gasteiger partial charge is 0.508 e. The fraction of sp³-hybridized carbons (Fsp3) is 0.200. The van der Waals surface area contributed by atoms with Crippen molar-refractivity contribution in [2.45, 2.75) is 26.0 Å². The average Bonchev–Trinajstić information content (AvgIpc) is 3.00. The van der Waals surface area contributed by atoms with Crippen molar-refractivity contribution in [1.29, 1.82) is 0 Å². The number of fused-ring (bicyclic) bond motifs is 6. The van der Waals surface area contributed by atoms with Gasteiger partial charge in [0.15, 0.2) is 0 Å². The SMILES string of the molecule is C[C@H](O)c1cncc2c(=O)n3c(cc12)-c1[nH]c2ccc(O)cc2c1CC3. The molecule has 3 aromatic heterocycles. The van der Waals surface area contributed by atoms with Crippen LogP contribution in [0.3, 0.4) is 0 Å². The number of rotatable bonds is 1. The molecule has 6 nitrogen and oxygen atoms in total. The molecular weight excluding hydrogens is 330 g/mol. The zero-order valence-electron chi connectivity index (χ0n) is 14.2. The lowest BCUT2D eigenvalue weighted by Gasteiger charge is -2.21. The van der Waals surface area contributed by atoms with Gasteiger partial charge in [0.25, 0.3) is 5.56 Å². The Morgan fingerprint density at radius 2 is 2.04 bits per heavy atom. The van der Waals surface area contributed by atoms with Crippen molar-refractivity contribution in [1.82, 2.24) is 14.5 Å². The van der Waals surface area contributed by atoms with Crippen molar-refractivity contribution < 1.29 is 10.2 Å². The molecule has 6 heteroatoms. The Morgan fingerprint density at radius 1 is 1.19 bits per heavy atom. The molecule has 0 spiro atoms. The fourth-order valence-electron chi connectivity index (χ4n) is 3.99. The number of hydrogen-bond donors (Lipinski definition) is 3. The molecule has 0 saturated carbocycles. The van der Waals surface area contributed by atoms with Crippen LogP contribution in [-0.2, 0) is 13.0 Å². The highest BCUT2D eigenvalue weighted by Crippen LogP contribution is 2.36. The second kappa shape index (κ2) is 5.19. The van der Waals surface area contributed by atoms with Gasteiger partial charge in [0.1, 0.15) is 5.75 Å². The summed E-state index contributed by atoms with van der Waals surface area (Å²) in [6, 6.07) is 7.20. The van der Waals surface area contributed by atoms with Crippen LogP contribution in [0.25, 0.3) is 33.1 Å². The molecule has 0 aliphatic carbocycles. The van der Waals surface area contributed by atoms with E-state index in [4.69, 9.17) is 0 Å². The van der Waals surface area contributed by atoms with Crippen molar-refractivity contribution in [3.05, 3.63) is 58.1 Å². The van der Waals surface area contributed by atoms with Crippen LogP contribution in [0.4, 0.5) is 0 Å². The van der Waals surface area contributed by atoms with Gasteiger partial charge in [-0.3, -0.25) is 9.78 Å². The molecule has 4 aromatic rings. The maximum atomic E-state index is 13.0. The second-order valence-electron chi connectivity index (χ2n) is 6.81. The summed E-state index contributed by atoms with van der Waals surface area (Å²) in [6.45, 7) is 2.24. The minimum absolute atomic E-state index is 0.0975. The summed E-state index contributed by atoms with van der Waals surface area (Å²) in [5, 5.41) is 22.1. The molecule has 0 bridgehead atoms. The van der Waals surface area contributed by atoms with E-state index in [1.165, 1.54) is 0 Å².